The van der Waals surface area contributed by atoms with E-state index in [1.165, 1.54) is 31.3 Å². The van der Waals surface area contributed by atoms with Gasteiger partial charge in [0.2, 0.25) is 21.8 Å². The number of amides is 2. The lowest BCUT2D eigenvalue weighted by Crippen LogP contribution is -2.52. The van der Waals surface area contributed by atoms with Crippen LogP contribution in [0, 0.1) is 0 Å². The number of carbonyl (C=O) groups is 2. The molecule has 0 saturated carbocycles. The Balaban J connectivity index is 2.45. The summed E-state index contributed by atoms with van der Waals surface area (Å²) in [5.74, 6) is 0.612. The van der Waals surface area contributed by atoms with Crippen molar-refractivity contribution in [2.75, 3.05) is 45.0 Å². The van der Waals surface area contributed by atoms with Crippen LogP contribution in [-0.4, -0.2) is 71.8 Å². The summed E-state index contributed by atoms with van der Waals surface area (Å²) in [5, 5.41) is 2.90. The van der Waals surface area contributed by atoms with Gasteiger partial charge in [0.1, 0.15) is 18.3 Å². The van der Waals surface area contributed by atoms with Crippen molar-refractivity contribution in [1.29, 1.82) is 0 Å². The van der Waals surface area contributed by atoms with Gasteiger partial charge in [0.15, 0.2) is 11.5 Å². The highest BCUT2D eigenvalue weighted by Crippen LogP contribution is 2.32. The Morgan fingerprint density at radius 1 is 0.947 bits per heavy atom. The van der Waals surface area contributed by atoms with E-state index in [-0.39, 0.29) is 18.1 Å². The predicted octanol–water partition coefficient (Wildman–Crippen LogP) is 3.20. The molecule has 10 nitrogen and oxygen atoms in total. The molecule has 0 spiro atoms. The monoisotopic (exact) mass is 549 g/mol. The number of ether oxygens (including phenoxy) is 3. The molecule has 2 rings (SSSR count). The molecule has 210 valence electrons. The summed E-state index contributed by atoms with van der Waals surface area (Å²) in [6, 6.07) is 11.0. The van der Waals surface area contributed by atoms with Crippen LogP contribution in [0.3, 0.4) is 0 Å². The standard InChI is InChI=1S/C27H39N3O7S/c1-7-9-16-28-27(32)23(8-2)29(18-20-10-13-22(35-3)14-11-20)26(31)19-30(38(6,33)34)21-12-15-24(36-4)25(17-21)37-5/h10-15,17,23H,7-9,16,18-19H2,1-6H3,(H,28,32)/t23-/m1/s1. The molecule has 0 aliphatic rings. The van der Waals surface area contributed by atoms with Gasteiger partial charge in [0.25, 0.3) is 0 Å². The number of nitrogens with zero attached hydrogens (tertiary/aromatic N) is 2. The first-order valence-corrected chi connectivity index (χ1v) is 14.3. The molecule has 0 aliphatic carbocycles. The van der Waals surface area contributed by atoms with Gasteiger partial charge >= 0.3 is 0 Å². The molecule has 0 saturated heterocycles. The number of methoxy groups -OCH3 is 3. The number of hydrogen-bond donors (Lipinski definition) is 1. The van der Waals surface area contributed by atoms with Crippen molar-refractivity contribution in [3.05, 3.63) is 48.0 Å². The van der Waals surface area contributed by atoms with Crippen LogP contribution >= 0.6 is 0 Å². The SMILES string of the molecule is CCCCNC(=O)[C@@H](CC)N(Cc1ccc(OC)cc1)C(=O)CN(c1ccc(OC)c(OC)c1)S(C)(=O)=O. The fourth-order valence-corrected chi connectivity index (χ4v) is 4.79. The normalized spacial score (nSPS) is 11.8. The Morgan fingerprint density at radius 3 is 2.13 bits per heavy atom. The van der Waals surface area contributed by atoms with Crippen LogP contribution < -0.4 is 23.8 Å². The molecule has 11 heteroatoms. The molecule has 1 atom stereocenters. The van der Waals surface area contributed by atoms with Crippen molar-refractivity contribution < 1.29 is 32.2 Å². The van der Waals surface area contributed by atoms with Crippen LogP contribution in [0.15, 0.2) is 42.5 Å². The van der Waals surface area contributed by atoms with Crippen molar-refractivity contribution in [3.8, 4) is 17.2 Å². The van der Waals surface area contributed by atoms with Crippen molar-refractivity contribution in [2.45, 2.75) is 45.7 Å². The van der Waals surface area contributed by atoms with E-state index in [4.69, 9.17) is 14.2 Å². The zero-order valence-corrected chi connectivity index (χ0v) is 23.8. The molecular weight excluding hydrogens is 510 g/mol. The third-order valence-corrected chi connectivity index (χ3v) is 7.20. The minimum atomic E-state index is -3.87. The van der Waals surface area contributed by atoms with Crippen molar-refractivity contribution in [2.24, 2.45) is 0 Å². The first kappa shape index (κ1) is 30.8. The van der Waals surface area contributed by atoms with E-state index in [9.17, 15) is 18.0 Å². The van der Waals surface area contributed by atoms with Gasteiger partial charge < -0.3 is 24.4 Å². The highest BCUT2D eigenvalue weighted by molar-refractivity contribution is 7.92. The first-order valence-electron chi connectivity index (χ1n) is 12.5. The number of rotatable bonds is 15. The smallest absolute Gasteiger partial charge is 0.244 e. The van der Waals surface area contributed by atoms with E-state index in [1.807, 2.05) is 26.0 Å². The van der Waals surface area contributed by atoms with Crippen molar-refractivity contribution in [3.63, 3.8) is 0 Å². The Labute approximate surface area is 225 Å². The summed E-state index contributed by atoms with van der Waals surface area (Å²) in [4.78, 5) is 28.3. The lowest BCUT2D eigenvalue weighted by atomic mass is 10.1. The third kappa shape index (κ3) is 8.27. The summed E-state index contributed by atoms with van der Waals surface area (Å²) in [5.41, 5.74) is 1.01. The number of carbonyl (C=O) groups excluding carboxylic acids is 2. The molecule has 0 fully saturated rings. The molecule has 1 N–H and O–H groups in total. The Kier molecular flexibility index (Phi) is 11.7. The second kappa shape index (κ2) is 14.5. The zero-order valence-electron chi connectivity index (χ0n) is 23.0. The van der Waals surface area contributed by atoms with Crippen LogP contribution in [0.2, 0.25) is 0 Å². The van der Waals surface area contributed by atoms with Gasteiger partial charge in [-0.15, -0.1) is 0 Å². The Hall–Kier alpha value is -3.47. The second-order valence-corrected chi connectivity index (χ2v) is 10.7. The third-order valence-electron chi connectivity index (χ3n) is 6.06. The first-order chi connectivity index (χ1) is 18.1. The van der Waals surface area contributed by atoms with E-state index >= 15 is 0 Å². The van der Waals surface area contributed by atoms with Gasteiger partial charge in [0.05, 0.1) is 33.3 Å². The Morgan fingerprint density at radius 2 is 1.61 bits per heavy atom. The van der Waals surface area contributed by atoms with Gasteiger partial charge in [-0.25, -0.2) is 8.42 Å². The highest BCUT2D eigenvalue weighted by atomic mass is 32.2. The van der Waals surface area contributed by atoms with Gasteiger partial charge in [0, 0.05) is 19.2 Å². The fraction of sp³-hybridized carbons (Fsp3) is 0.481. The van der Waals surface area contributed by atoms with Crippen LogP contribution in [0.25, 0.3) is 0 Å². The fourth-order valence-electron chi connectivity index (χ4n) is 3.95. The van der Waals surface area contributed by atoms with E-state index in [0.29, 0.717) is 30.2 Å². The van der Waals surface area contributed by atoms with Crippen LogP contribution in [0.1, 0.15) is 38.7 Å². The lowest BCUT2D eigenvalue weighted by Gasteiger charge is -2.33. The number of anilines is 1. The summed E-state index contributed by atoms with van der Waals surface area (Å²) in [6.07, 6.45) is 3.12. The summed E-state index contributed by atoms with van der Waals surface area (Å²) in [6.45, 7) is 3.96. The highest BCUT2D eigenvalue weighted by Gasteiger charge is 2.32. The zero-order chi connectivity index (χ0) is 28.3. The molecule has 0 aromatic heterocycles. The summed E-state index contributed by atoms with van der Waals surface area (Å²) in [7, 11) is 0.608. The van der Waals surface area contributed by atoms with Gasteiger partial charge in [-0.1, -0.05) is 32.4 Å². The predicted molar refractivity (Wildman–Crippen MR) is 147 cm³/mol. The Bertz CT molecular complexity index is 1170. The van der Waals surface area contributed by atoms with Crippen LogP contribution in [0.4, 0.5) is 5.69 Å². The second-order valence-electron chi connectivity index (χ2n) is 8.75. The number of benzene rings is 2. The van der Waals surface area contributed by atoms with Gasteiger partial charge in [-0.3, -0.25) is 13.9 Å². The minimum Gasteiger partial charge on any atom is -0.497 e. The molecule has 0 bridgehead atoms. The molecule has 2 aromatic carbocycles. The quantitative estimate of drug-likeness (QED) is 0.339. The molecule has 0 aliphatic heterocycles. The summed E-state index contributed by atoms with van der Waals surface area (Å²) >= 11 is 0. The molecule has 2 aromatic rings. The van der Waals surface area contributed by atoms with Crippen molar-refractivity contribution >= 4 is 27.5 Å². The van der Waals surface area contributed by atoms with E-state index < -0.39 is 28.5 Å². The minimum absolute atomic E-state index is 0.117. The number of nitrogens with one attached hydrogen (secondary N) is 1. The molecular formula is C27H39N3O7S. The van der Waals surface area contributed by atoms with E-state index in [2.05, 4.69) is 5.32 Å². The van der Waals surface area contributed by atoms with E-state index in [0.717, 1.165) is 29.0 Å². The topological polar surface area (TPSA) is 114 Å². The number of unbranched alkanes of at least 4 members (excludes halogenated alkanes) is 1. The molecule has 2 amide bonds. The molecule has 0 heterocycles. The van der Waals surface area contributed by atoms with E-state index in [1.54, 1.807) is 25.3 Å². The molecule has 38 heavy (non-hydrogen) atoms. The van der Waals surface area contributed by atoms with Crippen molar-refractivity contribution in [1.82, 2.24) is 10.2 Å². The van der Waals surface area contributed by atoms with Gasteiger partial charge in [-0.2, -0.15) is 0 Å². The average molecular weight is 550 g/mol. The maximum Gasteiger partial charge on any atom is 0.244 e. The number of hydrogen-bond acceptors (Lipinski definition) is 7. The maximum atomic E-state index is 13.8. The largest absolute Gasteiger partial charge is 0.497 e. The number of sulfonamides is 1. The van der Waals surface area contributed by atoms with Crippen LogP contribution in [-0.2, 0) is 26.2 Å². The summed E-state index contributed by atoms with van der Waals surface area (Å²) < 4.78 is 42.4. The van der Waals surface area contributed by atoms with Crippen LogP contribution in [0.5, 0.6) is 17.2 Å². The average Bonchev–Trinajstić information content (AvgIpc) is 2.90. The molecule has 0 radical (unpaired) electrons. The lowest BCUT2D eigenvalue weighted by molar-refractivity contribution is -0.140. The maximum absolute atomic E-state index is 13.8. The molecule has 0 unspecified atom stereocenters. The van der Waals surface area contributed by atoms with Gasteiger partial charge in [-0.05, 0) is 42.7 Å².